The standard InChI is InChI=1S/C22H28F2N4O/c1-25-22(26-9-8-17-14-20(23)6-7-21(17)24)27-15-18-4-2-3-5-19(18)16-28-10-12-29-13-11-28/h2-7,14H,8-13,15-16H2,1H3,(H2,25,26,27). The summed E-state index contributed by atoms with van der Waals surface area (Å²) in [6.07, 6.45) is 0.373. The van der Waals surface area contributed by atoms with Crippen molar-refractivity contribution in [2.45, 2.75) is 19.5 Å². The topological polar surface area (TPSA) is 48.9 Å². The first kappa shape index (κ1) is 21.2. The van der Waals surface area contributed by atoms with Gasteiger partial charge in [-0.1, -0.05) is 24.3 Å². The molecule has 0 aromatic heterocycles. The summed E-state index contributed by atoms with van der Waals surface area (Å²) in [7, 11) is 1.69. The minimum atomic E-state index is -0.430. The quantitative estimate of drug-likeness (QED) is 0.552. The number of guanidine groups is 1. The third-order valence-electron chi connectivity index (χ3n) is 4.98. The van der Waals surface area contributed by atoms with Crippen molar-refractivity contribution in [3.05, 3.63) is 70.8 Å². The summed E-state index contributed by atoms with van der Waals surface area (Å²) in [6, 6.07) is 11.9. The van der Waals surface area contributed by atoms with Gasteiger partial charge in [0.1, 0.15) is 11.6 Å². The van der Waals surface area contributed by atoms with Crippen LogP contribution in [0.4, 0.5) is 8.78 Å². The summed E-state index contributed by atoms with van der Waals surface area (Å²) >= 11 is 0. The van der Waals surface area contributed by atoms with Gasteiger partial charge in [0.2, 0.25) is 0 Å². The summed E-state index contributed by atoms with van der Waals surface area (Å²) < 4.78 is 32.4. The predicted octanol–water partition coefficient (Wildman–Crippen LogP) is 2.70. The Balaban J connectivity index is 1.51. The van der Waals surface area contributed by atoms with Crippen LogP contribution in [-0.2, 0) is 24.2 Å². The molecule has 1 heterocycles. The van der Waals surface area contributed by atoms with Crippen molar-refractivity contribution in [1.29, 1.82) is 0 Å². The zero-order chi connectivity index (χ0) is 20.5. The largest absolute Gasteiger partial charge is 0.379 e. The van der Waals surface area contributed by atoms with Gasteiger partial charge in [0.15, 0.2) is 5.96 Å². The highest BCUT2D eigenvalue weighted by molar-refractivity contribution is 5.79. The van der Waals surface area contributed by atoms with Gasteiger partial charge in [0.25, 0.3) is 0 Å². The number of nitrogens with one attached hydrogen (secondary N) is 2. The second-order valence-electron chi connectivity index (χ2n) is 7.00. The molecule has 0 unspecified atom stereocenters. The summed E-state index contributed by atoms with van der Waals surface area (Å²) in [5.74, 6) is -0.197. The fraction of sp³-hybridized carbons (Fsp3) is 0.409. The molecular formula is C22H28F2N4O. The van der Waals surface area contributed by atoms with Crippen LogP contribution < -0.4 is 10.6 Å². The van der Waals surface area contributed by atoms with Gasteiger partial charge >= 0.3 is 0 Å². The second-order valence-corrected chi connectivity index (χ2v) is 7.00. The van der Waals surface area contributed by atoms with Crippen LogP contribution in [0.25, 0.3) is 0 Å². The number of rotatable bonds is 7. The van der Waals surface area contributed by atoms with Gasteiger partial charge in [0.05, 0.1) is 13.2 Å². The molecule has 1 fully saturated rings. The van der Waals surface area contributed by atoms with E-state index in [0.717, 1.165) is 45.0 Å². The third-order valence-corrected chi connectivity index (χ3v) is 4.98. The van der Waals surface area contributed by atoms with E-state index in [1.54, 1.807) is 7.05 Å². The number of morpholine rings is 1. The van der Waals surface area contributed by atoms with Crippen molar-refractivity contribution >= 4 is 5.96 Å². The van der Waals surface area contributed by atoms with Crippen LogP contribution in [0.15, 0.2) is 47.5 Å². The fourth-order valence-electron chi connectivity index (χ4n) is 3.33. The number of hydrogen-bond acceptors (Lipinski definition) is 3. The molecule has 1 saturated heterocycles. The Kier molecular flexibility index (Phi) is 7.95. The van der Waals surface area contributed by atoms with Gasteiger partial charge in [-0.2, -0.15) is 0 Å². The molecule has 5 nitrogen and oxygen atoms in total. The number of ether oxygens (including phenoxy) is 1. The Bertz CT molecular complexity index is 822. The molecule has 1 aliphatic rings. The van der Waals surface area contributed by atoms with E-state index < -0.39 is 11.6 Å². The average molecular weight is 402 g/mol. The first-order valence-electron chi connectivity index (χ1n) is 9.91. The lowest BCUT2D eigenvalue weighted by molar-refractivity contribution is 0.0341. The molecule has 2 N–H and O–H groups in total. The van der Waals surface area contributed by atoms with E-state index in [1.807, 2.05) is 6.07 Å². The Labute approximate surface area is 170 Å². The molecule has 1 aliphatic heterocycles. The van der Waals surface area contributed by atoms with Crippen molar-refractivity contribution in [2.24, 2.45) is 4.99 Å². The molecule has 0 saturated carbocycles. The maximum absolute atomic E-state index is 13.7. The van der Waals surface area contributed by atoms with Crippen LogP contribution in [0.1, 0.15) is 16.7 Å². The molecule has 29 heavy (non-hydrogen) atoms. The molecule has 2 aromatic rings. The highest BCUT2D eigenvalue weighted by atomic mass is 19.1. The summed E-state index contributed by atoms with van der Waals surface area (Å²) in [5.41, 5.74) is 2.83. The van der Waals surface area contributed by atoms with Crippen molar-refractivity contribution < 1.29 is 13.5 Å². The maximum atomic E-state index is 13.7. The van der Waals surface area contributed by atoms with Crippen molar-refractivity contribution in [1.82, 2.24) is 15.5 Å². The van der Waals surface area contributed by atoms with E-state index >= 15 is 0 Å². The van der Waals surface area contributed by atoms with Crippen molar-refractivity contribution in [2.75, 3.05) is 39.9 Å². The molecule has 3 rings (SSSR count). The molecule has 0 aliphatic carbocycles. The predicted molar refractivity (Wildman–Crippen MR) is 111 cm³/mol. The van der Waals surface area contributed by atoms with Crippen LogP contribution in [0.5, 0.6) is 0 Å². The third kappa shape index (κ3) is 6.51. The van der Waals surface area contributed by atoms with Crippen LogP contribution in [0, 0.1) is 11.6 Å². The van der Waals surface area contributed by atoms with E-state index in [9.17, 15) is 8.78 Å². The van der Waals surface area contributed by atoms with E-state index in [2.05, 4.69) is 38.7 Å². The first-order valence-corrected chi connectivity index (χ1v) is 9.91. The number of aliphatic imine (C=N–C) groups is 1. The van der Waals surface area contributed by atoms with E-state index in [-0.39, 0.29) is 0 Å². The SMILES string of the molecule is CN=C(NCCc1cc(F)ccc1F)NCc1ccccc1CN1CCOCC1. The Hall–Kier alpha value is -2.51. The van der Waals surface area contributed by atoms with Gasteiger partial charge in [-0.15, -0.1) is 0 Å². The molecular weight excluding hydrogens is 374 g/mol. The molecule has 2 aromatic carbocycles. The first-order chi connectivity index (χ1) is 14.2. The zero-order valence-electron chi connectivity index (χ0n) is 16.8. The Morgan fingerprint density at radius 3 is 2.55 bits per heavy atom. The summed E-state index contributed by atoms with van der Waals surface area (Å²) in [5, 5.41) is 6.46. The molecule has 0 bridgehead atoms. The van der Waals surface area contributed by atoms with Crippen molar-refractivity contribution in [3.63, 3.8) is 0 Å². The normalized spacial score (nSPS) is 15.3. The van der Waals surface area contributed by atoms with Gasteiger partial charge in [-0.05, 0) is 41.3 Å². The van der Waals surface area contributed by atoms with Gasteiger partial charge in [0, 0.05) is 39.8 Å². The number of halogens is 2. The summed E-state index contributed by atoms with van der Waals surface area (Å²) in [6.45, 7) is 5.44. The van der Waals surface area contributed by atoms with E-state index in [4.69, 9.17) is 4.74 Å². The van der Waals surface area contributed by atoms with Crippen molar-refractivity contribution in [3.8, 4) is 0 Å². The average Bonchev–Trinajstić information content (AvgIpc) is 2.74. The van der Waals surface area contributed by atoms with Crippen LogP contribution in [0.3, 0.4) is 0 Å². The molecule has 156 valence electrons. The Morgan fingerprint density at radius 1 is 1.03 bits per heavy atom. The smallest absolute Gasteiger partial charge is 0.191 e. The van der Waals surface area contributed by atoms with Crippen LogP contribution in [-0.4, -0.2) is 50.8 Å². The van der Waals surface area contributed by atoms with Gasteiger partial charge < -0.3 is 15.4 Å². The number of nitrogens with zero attached hydrogens (tertiary/aromatic N) is 2. The minimum absolute atomic E-state index is 0.351. The monoisotopic (exact) mass is 402 g/mol. The van der Waals surface area contributed by atoms with E-state index in [0.29, 0.717) is 31.0 Å². The highest BCUT2D eigenvalue weighted by Gasteiger charge is 2.13. The lowest BCUT2D eigenvalue weighted by atomic mass is 10.1. The maximum Gasteiger partial charge on any atom is 0.191 e. The summed E-state index contributed by atoms with van der Waals surface area (Å²) in [4.78, 5) is 6.61. The lowest BCUT2D eigenvalue weighted by Gasteiger charge is -2.27. The van der Waals surface area contributed by atoms with Gasteiger partial charge in [-0.25, -0.2) is 8.78 Å². The number of benzene rings is 2. The fourth-order valence-corrected chi connectivity index (χ4v) is 3.33. The van der Waals surface area contributed by atoms with E-state index in [1.165, 1.54) is 17.2 Å². The molecule has 7 heteroatoms. The number of hydrogen-bond donors (Lipinski definition) is 2. The molecule has 0 spiro atoms. The zero-order valence-corrected chi connectivity index (χ0v) is 16.8. The Morgan fingerprint density at radius 2 is 1.79 bits per heavy atom. The molecule has 0 radical (unpaired) electrons. The van der Waals surface area contributed by atoms with Gasteiger partial charge in [-0.3, -0.25) is 9.89 Å². The van der Waals surface area contributed by atoms with Crippen LogP contribution in [0.2, 0.25) is 0 Å². The highest BCUT2D eigenvalue weighted by Crippen LogP contribution is 2.13. The molecule has 0 atom stereocenters. The second kappa shape index (κ2) is 10.9. The lowest BCUT2D eigenvalue weighted by Crippen LogP contribution is -2.38. The minimum Gasteiger partial charge on any atom is -0.379 e. The molecule has 0 amide bonds. The van der Waals surface area contributed by atoms with Crippen LogP contribution >= 0.6 is 0 Å².